The molecule has 0 atom stereocenters. The van der Waals surface area contributed by atoms with Gasteiger partial charge in [0.1, 0.15) is 5.58 Å². The molecule has 3 aromatic rings. The molecule has 0 fully saturated rings. The molecule has 1 aromatic heterocycles. The molecule has 0 radical (unpaired) electrons. The monoisotopic (exact) mass is 282 g/mol. The zero-order valence-electron chi connectivity index (χ0n) is 12.1. The first-order valence-corrected chi connectivity index (χ1v) is 7.59. The Balaban J connectivity index is 1.89. The molecule has 0 aliphatic carbocycles. The molecule has 0 bridgehead atoms. The second-order valence-electron chi connectivity index (χ2n) is 5.58. The summed E-state index contributed by atoms with van der Waals surface area (Å²) in [4.78, 5) is 0. The van der Waals surface area contributed by atoms with E-state index in [1.54, 1.807) is 6.26 Å². The molecular weight excluding hydrogens is 264 g/mol. The maximum Gasteiger partial charge on any atom is 0.231 e. The zero-order chi connectivity index (χ0) is 14.2. The minimum absolute atomic E-state index is 0.302. The van der Waals surface area contributed by atoms with Gasteiger partial charge in [0, 0.05) is 10.8 Å². The van der Waals surface area contributed by atoms with E-state index in [-0.39, 0.29) is 0 Å². The van der Waals surface area contributed by atoms with E-state index in [1.165, 1.54) is 30.2 Å². The Morgan fingerprint density at radius 1 is 1.00 bits per heavy atom. The van der Waals surface area contributed by atoms with Crippen molar-refractivity contribution >= 4 is 21.7 Å². The molecule has 21 heavy (non-hydrogen) atoms. The van der Waals surface area contributed by atoms with E-state index in [0.717, 1.165) is 34.3 Å². The van der Waals surface area contributed by atoms with Crippen LogP contribution in [0.3, 0.4) is 0 Å². The quantitative estimate of drug-likeness (QED) is 0.628. The lowest BCUT2D eigenvalue weighted by Crippen LogP contribution is -1.92. The van der Waals surface area contributed by atoms with Crippen molar-refractivity contribution < 1.29 is 13.9 Å². The van der Waals surface area contributed by atoms with Gasteiger partial charge in [0.15, 0.2) is 11.5 Å². The van der Waals surface area contributed by atoms with Crippen LogP contribution in [0.15, 0.2) is 34.9 Å². The van der Waals surface area contributed by atoms with Gasteiger partial charge in [-0.05, 0) is 42.0 Å². The Bertz CT molecular complexity index is 801. The number of furan rings is 1. The number of ether oxygens (including phenoxy) is 2. The highest BCUT2D eigenvalue weighted by Gasteiger charge is 2.17. The van der Waals surface area contributed by atoms with Crippen LogP contribution >= 0.6 is 0 Å². The largest absolute Gasteiger partial charge is 0.464 e. The first-order valence-electron chi connectivity index (χ1n) is 7.59. The molecule has 2 aromatic carbocycles. The predicted molar refractivity (Wildman–Crippen MR) is 83.1 cm³/mol. The van der Waals surface area contributed by atoms with Crippen LogP contribution in [0.2, 0.25) is 0 Å². The molecule has 3 heteroatoms. The number of hydrogen-bond acceptors (Lipinski definition) is 3. The van der Waals surface area contributed by atoms with Crippen molar-refractivity contribution in [1.29, 1.82) is 0 Å². The SMILES string of the molecule is CCCCCc1cc2cc3c(cc2c2occc12)OCO3. The van der Waals surface area contributed by atoms with Crippen molar-refractivity contribution in [2.75, 3.05) is 6.79 Å². The summed E-state index contributed by atoms with van der Waals surface area (Å²) in [5.74, 6) is 1.63. The van der Waals surface area contributed by atoms with E-state index in [1.807, 2.05) is 6.07 Å². The topological polar surface area (TPSA) is 31.6 Å². The number of rotatable bonds is 4. The Hall–Kier alpha value is -2.16. The van der Waals surface area contributed by atoms with Gasteiger partial charge in [0.05, 0.1) is 6.26 Å². The summed E-state index contributed by atoms with van der Waals surface area (Å²) in [6, 6.07) is 8.42. The predicted octanol–water partition coefficient (Wildman–Crippen LogP) is 5.05. The van der Waals surface area contributed by atoms with Crippen molar-refractivity contribution in [3.63, 3.8) is 0 Å². The maximum absolute atomic E-state index is 5.74. The van der Waals surface area contributed by atoms with Crippen molar-refractivity contribution in [2.45, 2.75) is 32.6 Å². The highest BCUT2D eigenvalue weighted by atomic mass is 16.7. The Morgan fingerprint density at radius 3 is 2.71 bits per heavy atom. The summed E-state index contributed by atoms with van der Waals surface area (Å²) in [7, 11) is 0. The zero-order valence-corrected chi connectivity index (χ0v) is 12.1. The number of benzene rings is 2. The summed E-state index contributed by atoms with van der Waals surface area (Å²) in [6.07, 6.45) is 6.58. The Kier molecular flexibility index (Phi) is 2.99. The van der Waals surface area contributed by atoms with Crippen LogP contribution in [0.1, 0.15) is 31.7 Å². The third kappa shape index (κ3) is 2.04. The average Bonchev–Trinajstić information content (AvgIpc) is 3.14. The highest BCUT2D eigenvalue weighted by molar-refractivity contribution is 6.07. The van der Waals surface area contributed by atoms with Crippen LogP contribution in [0.4, 0.5) is 0 Å². The smallest absolute Gasteiger partial charge is 0.231 e. The molecule has 4 rings (SSSR count). The molecule has 108 valence electrons. The molecular formula is C18H18O3. The van der Waals surface area contributed by atoms with Gasteiger partial charge >= 0.3 is 0 Å². The van der Waals surface area contributed by atoms with Crippen molar-refractivity contribution in [3.8, 4) is 11.5 Å². The van der Waals surface area contributed by atoms with E-state index in [4.69, 9.17) is 13.9 Å². The molecule has 1 aliphatic heterocycles. The standard InChI is InChI=1S/C18H18O3/c1-2-3-4-5-12-8-13-9-16-17(21-11-20-16)10-15(13)18-14(12)6-7-19-18/h6-10H,2-5,11H2,1H3. The van der Waals surface area contributed by atoms with Crippen LogP contribution in [-0.4, -0.2) is 6.79 Å². The second-order valence-corrected chi connectivity index (χ2v) is 5.58. The van der Waals surface area contributed by atoms with Crippen LogP contribution < -0.4 is 9.47 Å². The van der Waals surface area contributed by atoms with Gasteiger partial charge in [-0.1, -0.05) is 25.8 Å². The number of aryl methyl sites for hydroxylation is 1. The summed E-state index contributed by atoms with van der Waals surface area (Å²) < 4.78 is 16.7. The molecule has 2 heterocycles. The van der Waals surface area contributed by atoms with Gasteiger partial charge in [0.2, 0.25) is 6.79 Å². The first-order chi connectivity index (χ1) is 10.4. The molecule has 0 saturated heterocycles. The fraction of sp³-hybridized carbons (Fsp3) is 0.333. The van der Waals surface area contributed by atoms with Gasteiger partial charge in [-0.3, -0.25) is 0 Å². The number of hydrogen-bond donors (Lipinski definition) is 0. The lowest BCUT2D eigenvalue weighted by atomic mass is 9.98. The summed E-state index contributed by atoms with van der Waals surface area (Å²) in [5.41, 5.74) is 2.32. The minimum atomic E-state index is 0.302. The van der Waals surface area contributed by atoms with Crippen LogP contribution in [0.25, 0.3) is 21.7 Å². The van der Waals surface area contributed by atoms with Crippen molar-refractivity contribution in [2.24, 2.45) is 0 Å². The van der Waals surface area contributed by atoms with Crippen LogP contribution in [0.5, 0.6) is 11.5 Å². The van der Waals surface area contributed by atoms with E-state index in [2.05, 4.69) is 25.1 Å². The third-order valence-electron chi connectivity index (χ3n) is 4.18. The fourth-order valence-electron chi connectivity index (χ4n) is 3.08. The van der Waals surface area contributed by atoms with E-state index in [0.29, 0.717) is 6.79 Å². The average molecular weight is 282 g/mol. The van der Waals surface area contributed by atoms with E-state index < -0.39 is 0 Å². The third-order valence-corrected chi connectivity index (χ3v) is 4.18. The van der Waals surface area contributed by atoms with Crippen LogP contribution in [0, 0.1) is 0 Å². The molecule has 0 N–H and O–H groups in total. The highest BCUT2D eigenvalue weighted by Crippen LogP contribution is 2.40. The molecule has 0 amide bonds. The molecule has 0 unspecified atom stereocenters. The second kappa shape index (κ2) is 4.99. The molecule has 0 saturated carbocycles. The van der Waals surface area contributed by atoms with Gasteiger partial charge in [-0.15, -0.1) is 0 Å². The van der Waals surface area contributed by atoms with Crippen molar-refractivity contribution in [1.82, 2.24) is 0 Å². The van der Waals surface area contributed by atoms with E-state index in [9.17, 15) is 0 Å². The maximum atomic E-state index is 5.74. The normalized spacial score (nSPS) is 13.4. The first kappa shape index (κ1) is 12.6. The molecule has 0 spiro atoms. The van der Waals surface area contributed by atoms with Crippen molar-refractivity contribution in [3.05, 3.63) is 36.1 Å². The lowest BCUT2D eigenvalue weighted by molar-refractivity contribution is 0.174. The van der Waals surface area contributed by atoms with Gasteiger partial charge < -0.3 is 13.9 Å². The Labute approximate surface area is 123 Å². The summed E-state index contributed by atoms with van der Waals surface area (Å²) in [6.45, 7) is 2.53. The van der Waals surface area contributed by atoms with Crippen LogP contribution in [-0.2, 0) is 6.42 Å². The fourth-order valence-corrected chi connectivity index (χ4v) is 3.08. The molecule has 1 aliphatic rings. The lowest BCUT2D eigenvalue weighted by Gasteiger charge is -2.07. The minimum Gasteiger partial charge on any atom is -0.464 e. The number of fused-ring (bicyclic) bond motifs is 4. The van der Waals surface area contributed by atoms with Gasteiger partial charge in [-0.25, -0.2) is 0 Å². The van der Waals surface area contributed by atoms with Gasteiger partial charge in [-0.2, -0.15) is 0 Å². The molecule has 3 nitrogen and oxygen atoms in total. The van der Waals surface area contributed by atoms with E-state index >= 15 is 0 Å². The summed E-state index contributed by atoms with van der Waals surface area (Å²) in [5, 5.41) is 3.48. The number of unbranched alkanes of at least 4 members (excludes halogenated alkanes) is 2. The Morgan fingerprint density at radius 2 is 1.86 bits per heavy atom. The summed E-state index contributed by atoms with van der Waals surface area (Å²) >= 11 is 0. The van der Waals surface area contributed by atoms with Gasteiger partial charge in [0.25, 0.3) is 0 Å².